The number of halogens is 2. The van der Waals surface area contributed by atoms with Crippen molar-refractivity contribution < 1.29 is 8.78 Å². The first-order valence-corrected chi connectivity index (χ1v) is 7.10. The van der Waals surface area contributed by atoms with Crippen molar-refractivity contribution in [2.45, 2.75) is 0 Å². The molecule has 0 atom stereocenters. The molecule has 1 N–H and O–H groups in total. The lowest BCUT2D eigenvalue weighted by atomic mass is 10.3. The summed E-state index contributed by atoms with van der Waals surface area (Å²) in [4.78, 5) is 12.9. The van der Waals surface area contributed by atoms with Gasteiger partial charge >= 0.3 is 0 Å². The summed E-state index contributed by atoms with van der Waals surface area (Å²) in [6.45, 7) is 3.72. The lowest BCUT2D eigenvalue weighted by molar-refractivity contribution is 0.312. The third kappa shape index (κ3) is 3.30. The molecule has 2 aromatic rings. The molecule has 22 heavy (non-hydrogen) atoms. The lowest BCUT2D eigenvalue weighted by Crippen LogP contribution is -2.44. The molecule has 1 saturated heterocycles. The van der Waals surface area contributed by atoms with E-state index in [4.69, 9.17) is 0 Å². The molecule has 3 rings (SSSR count). The van der Waals surface area contributed by atoms with Crippen LogP contribution in [0.3, 0.4) is 0 Å². The molecule has 1 aromatic heterocycles. The molecule has 0 amide bonds. The van der Waals surface area contributed by atoms with Gasteiger partial charge in [0.1, 0.15) is 17.5 Å². The van der Waals surface area contributed by atoms with E-state index in [9.17, 15) is 8.78 Å². The molecule has 1 aliphatic heterocycles. The minimum Gasteiger partial charge on any atom is -0.354 e. The van der Waals surface area contributed by atoms with E-state index < -0.39 is 11.6 Å². The highest BCUT2D eigenvalue weighted by Crippen LogP contribution is 2.20. The zero-order valence-corrected chi connectivity index (χ0v) is 12.3. The largest absolute Gasteiger partial charge is 0.354 e. The second-order valence-corrected chi connectivity index (χ2v) is 5.28. The Morgan fingerprint density at radius 3 is 2.59 bits per heavy atom. The summed E-state index contributed by atoms with van der Waals surface area (Å²) >= 11 is 0. The van der Waals surface area contributed by atoms with Gasteiger partial charge in [0.05, 0.1) is 5.69 Å². The highest BCUT2D eigenvalue weighted by molar-refractivity contribution is 5.55. The van der Waals surface area contributed by atoms with E-state index in [1.165, 1.54) is 12.1 Å². The standard InChI is InChI=1S/C15H17F2N5/c1-21-6-8-22(9-7-21)14-4-5-18-15(20-14)19-13-3-2-11(16)10-12(13)17/h2-5,10H,6-9H2,1H3,(H,18,19,20). The van der Waals surface area contributed by atoms with Crippen molar-refractivity contribution in [3.8, 4) is 0 Å². The maximum absolute atomic E-state index is 13.7. The van der Waals surface area contributed by atoms with Crippen LogP contribution < -0.4 is 10.2 Å². The lowest BCUT2D eigenvalue weighted by Gasteiger charge is -2.33. The van der Waals surface area contributed by atoms with Crippen LogP contribution in [0.5, 0.6) is 0 Å². The minimum absolute atomic E-state index is 0.150. The van der Waals surface area contributed by atoms with E-state index in [0.717, 1.165) is 38.1 Å². The van der Waals surface area contributed by atoms with E-state index in [1.54, 1.807) is 6.20 Å². The molecule has 0 saturated carbocycles. The van der Waals surface area contributed by atoms with Crippen molar-refractivity contribution in [2.75, 3.05) is 43.4 Å². The second-order valence-electron chi connectivity index (χ2n) is 5.28. The third-order valence-corrected chi connectivity index (χ3v) is 3.65. The van der Waals surface area contributed by atoms with Crippen LogP contribution in [0.4, 0.5) is 26.2 Å². The monoisotopic (exact) mass is 305 g/mol. The van der Waals surface area contributed by atoms with Crippen molar-refractivity contribution in [3.63, 3.8) is 0 Å². The van der Waals surface area contributed by atoms with Gasteiger partial charge in [0.2, 0.25) is 5.95 Å². The van der Waals surface area contributed by atoms with Gasteiger partial charge in [-0.05, 0) is 25.2 Å². The Bertz CT molecular complexity index is 656. The Morgan fingerprint density at radius 1 is 1.09 bits per heavy atom. The average Bonchev–Trinajstić information content (AvgIpc) is 2.51. The molecule has 7 heteroatoms. The van der Waals surface area contributed by atoms with Crippen LogP contribution in [0.2, 0.25) is 0 Å². The zero-order valence-electron chi connectivity index (χ0n) is 12.3. The summed E-state index contributed by atoms with van der Waals surface area (Å²) in [5, 5.41) is 2.79. The first kappa shape index (κ1) is 14.6. The Morgan fingerprint density at radius 2 is 1.86 bits per heavy atom. The number of rotatable bonds is 3. The van der Waals surface area contributed by atoms with Gasteiger partial charge in [0, 0.05) is 38.4 Å². The number of hydrogen-bond donors (Lipinski definition) is 1. The Kier molecular flexibility index (Phi) is 4.15. The van der Waals surface area contributed by atoms with Gasteiger partial charge in [-0.3, -0.25) is 0 Å². The molecule has 116 valence electrons. The topological polar surface area (TPSA) is 44.3 Å². The molecule has 1 fully saturated rings. The van der Waals surface area contributed by atoms with Gasteiger partial charge in [-0.15, -0.1) is 0 Å². The van der Waals surface area contributed by atoms with Crippen molar-refractivity contribution in [1.82, 2.24) is 14.9 Å². The third-order valence-electron chi connectivity index (χ3n) is 3.65. The first-order valence-electron chi connectivity index (χ1n) is 7.10. The number of aromatic nitrogens is 2. The molecule has 5 nitrogen and oxygen atoms in total. The van der Waals surface area contributed by atoms with E-state index in [1.807, 2.05) is 6.07 Å². The van der Waals surface area contributed by atoms with Gasteiger partial charge in [-0.25, -0.2) is 13.8 Å². The van der Waals surface area contributed by atoms with Gasteiger partial charge in [-0.2, -0.15) is 4.98 Å². The number of hydrogen-bond acceptors (Lipinski definition) is 5. The fourth-order valence-corrected chi connectivity index (χ4v) is 2.33. The summed E-state index contributed by atoms with van der Waals surface area (Å²) in [6, 6.07) is 5.18. The van der Waals surface area contributed by atoms with Crippen molar-refractivity contribution in [1.29, 1.82) is 0 Å². The predicted octanol–water partition coefficient (Wildman–Crippen LogP) is 2.25. The van der Waals surface area contributed by atoms with Crippen LogP contribution >= 0.6 is 0 Å². The number of piperazine rings is 1. The van der Waals surface area contributed by atoms with Crippen molar-refractivity contribution >= 4 is 17.5 Å². The molecular formula is C15H17F2N5. The fraction of sp³-hybridized carbons (Fsp3) is 0.333. The molecule has 0 spiro atoms. The van der Waals surface area contributed by atoms with Crippen molar-refractivity contribution in [2.24, 2.45) is 0 Å². The second kappa shape index (κ2) is 6.23. The van der Waals surface area contributed by atoms with Gasteiger partial charge in [0.25, 0.3) is 0 Å². The number of benzene rings is 1. The van der Waals surface area contributed by atoms with E-state index in [2.05, 4.69) is 32.1 Å². The minimum atomic E-state index is -0.673. The molecule has 1 aliphatic rings. The number of anilines is 3. The Balaban J connectivity index is 1.76. The normalized spacial score (nSPS) is 15.9. The summed E-state index contributed by atoms with van der Waals surface area (Å²) in [5.41, 5.74) is 0.150. The highest BCUT2D eigenvalue weighted by atomic mass is 19.1. The van der Waals surface area contributed by atoms with Gasteiger partial charge < -0.3 is 15.1 Å². The summed E-state index contributed by atoms with van der Waals surface area (Å²) in [7, 11) is 2.08. The molecule has 0 bridgehead atoms. The zero-order chi connectivity index (χ0) is 15.5. The Labute approximate surface area is 127 Å². The highest BCUT2D eigenvalue weighted by Gasteiger charge is 2.16. The molecule has 0 radical (unpaired) electrons. The molecule has 2 heterocycles. The summed E-state index contributed by atoms with van der Waals surface area (Å²) < 4.78 is 26.6. The first-order chi connectivity index (χ1) is 10.6. The maximum atomic E-state index is 13.7. The predicted molar refractivity (Wildman–Crippen MR) is 81.4 cm³/mol. The molecule has 0 unspecified atom stereocenters. The number of nitrogens with zero attached hydrogens (tertiary/aromatic N) is 4. The van der Waals surface area contributed by atoms with Gasteiger partial charge in [-0.1, -0.05) is 0 Å². The smallest absolute Gasteiger partial charge is 0.229 e. The molecule has 0 aliphatic carbocycles. The van der Waals surface area contributed by atoms with E-state index in [0.29, 0.717) is 5.95 Å². The van der Waals surface area contributed by atoms with Crippen LogP contribution in [0.25, 0.3) is 0 Å². The van der Waals surface area contributed by atoms with Gasteiger partial charge in [0.15, 0.2) is 0 Å². The maximum Gasteiger partial charge on any atom is 0.229 e. The average molecular weight is 305 g/mol. The Hall–Kier alpha value is -2.28. The van der Waals surface area contributed by atoms with Crippen LogP contribution in [-0.4, -0.2) is 48.1 Å². The SMILES string of the molecule is CN1CCN(c2ccnc(Nc3ccc(F)cc3F)n2)CC1. The quantitative estimate of drug-likeness (QED) is 0.942. The van der Waals surface area contributed by atoms with Crippen molar-refractivity contribution in [3.05, 3.63) is 42.1 Å². The van der Waals surface area contributed by atoms with Crippen LogP contribution in [-0.2, 0) is 0 Å². The van der Waals surface area contributed by atoms with E-state index >= 15 is 0 Å². The summed E-state index contributed by atoms with van der Waals surface area (Å²) in [5.74, 6) is -0.196. The van der Waals surface area contributed by atoms with Crippen LogP contribution in [0, 0.1) is 11.6 Å². The molecular weight excluding hydrogens is 288 g/mol. The summed E-state index contributed by atoms with van der Waals surface area (Å²) in [6.07, 6.45) is 1.63. The van der Waals surface area contributed by atoms with Crippen LogP contribution in [0.15, 0.2) is 30.5 Å². The fourth-order valence-electron chi connectivity index (χ4n) is 2.33. The number of likely N-dealkylation sites (N-methyl/N-ethyl adjacent to an activating group) is 1. The number of nitrogens with one attached hydrogen (secondary N) is 1. The molecule has 1 aromatic carbocycles. The van der Waals surface area contributed by atoms with E-state index in [-0.39, 0.29) is 5.69 Å². The van der Waals surface area contributed by atoms with Crippen LogP contribution in [0.1, 0.15) is 0 Å².